The molecule has 1 amide bonds. The molecule has 162 valence electrons. The van der Waals surface area contributed by atoms with Crippen molar-refractivity contribution in [2.75, 3.05) is 11.9 Å². The molecule has 0 aliphatic carbocycles. The van der Waals surface area contributed by atoms with Crippen LogP contribution in [0.5, 0.6) is 0 Å². The maximum atomic E-state index is 13.8. The predicted octanol–water partition coefficient (Wildman–Crippen LogP) is 5.60. The summed E-state index contributed by atoms with van der Waals surface area (Å²) >= 11 is 5.91. The number of alkyl halides is 3. The first-order valence-electron chi connectivity index (χ1n) is 10.3. The molecule has 1 N–H and O–H groups in total. The maximum absolute atomic E-state index is 13.8. The van der Waals surface area contributed by atoms with Gasteiger partial charge in [-0.3, -0.25) is 4.79 Å². The third kappa shape index (κ3) is 4.02. The third-order valence-electron chi connectivity index (χ3n) is 6.04. The van der Waals surface area contributed by atoms with Crippen molar-refractivity contribution in [3.8, 4) is 0 Å². The molecule has 2 aromatic rings. The molecule has 1 fully saturated rings. The molecule has 1 aromatic heterocycles. The van der Waals surface area contributed by atoms with Gasteiger partial charge in [-0.05, 0) is 43.4 Å². The number of amides is 1. The molecule has 5 nitrogen and oxygen atoms in total. The number of hydrogen-bond donors (Lipinski definition) is 1. The summed E-state index contributed by atoms with van der Waals surface area (Å²) in [5, 5.41) is 7.75. The van der Waals surface area contributed by atoms with Crippen LogP contribution in [0.1, 0.15) is 67.2 Å². The molecule has 3 heterocycles. The fourth-order valence-corrected chi connectivity index (χ4v) is 4.56. The number of rotatable bonds is 3. The number of anilines is 1. The summed E-state index contributed by atoms with van der Waals surface area (Å²) in [6.45, 7) is 2.63. The minimum absolute atomic E-state index is 0.0591. The smallest absolute Gasteiger partial charge is 0.363 e. The number of benzene rings is 1. The van der Waals surface area contributed by atoms with Crippen molar-refractivity contribution in [1.82, 2.24) is 14.7 Å². The van der Waals surface area contributed by atoms with Gasteiger partial charge in [0.15, 0.2) is 11.7 Å². The van der Waals surface area contributed by atoms with E-state index in [4.69, 9.17) is 11.6 Å². The summed E-state index contributed by atoms with van der Waals surface area (Å²) < 4.78 is 42.5. The standard InChI is InChI=1S/C21H24ClF3N4O/c1-2-15-5-3-4-10-28(15)20(30)17-12-19-26-16(13-6-8-14(22)9-7-13)11-18(21(23,24)25)29(19)27-17/h6-9,12,15-16,18,26H,2-5,10-11H2,1H3/t15-,16+,18+/m0/s1. The minimum Gasteiger partial charge on any atom is -0.363 e. The second-order valence-corrected chi connectivity index (χ2v) is 8.39. The fourth-order valence-electron chi connectivity index (χ4n) is 4.43. The lowest BCUT2D eigenvalue weighted by Crippen LogP contribution is -2.43. The number of fused-ring (bicyclic) bond motifs is 1. The van der Waals surface area contributed by atoms with Crippen molar-refractivity contribution in [3.63, 3.8) is 0 Å². The van der Waals surface area contributed by atoms with Gasteiger partial charge in [0.1, 0.15) is 5.82 Å². The molecule has 0 saturated carbocycles. The summed E-state index contributed by atoms with van der Waals surface area (Å²) in [6.07, 6.45) is -1.00. The first-order valence-corrected chi connectivity index (χ1v) is 10.6. The number of hydrogen-bond acceptors (Lipinski definition) is 3. The molecule has 2 aliphatic rings. The number of carbonyl (C=O) groups is 1. The number of likely N-dealkylation sites (tertiary alicyclic amines) is 1. The lowest BCUT2D eigenvalue weighted by atomic mass is 9.97. The van der Waals surface area contributed by atoms with E-state index in [1.807, 2.05) is 6.92 Å². The van der Waals surface area contributed by atoms with E-state index in [1.54, 1.807) is 29.2 Å². The highest BCUT2D eigenvalue weighted by Gasteiger charge is 2.47. The van der Waals surface area contributed by atoms with E-state index < -0.39 is 18.3 Å². The Hall–Kier alpha value is -2.22. The highest BCUT2D eigenvalue weighted by Crippen LogP contribution is 2.43. The maximum Gasteiger partial charge on any atom is 0.410 e. The van der Waals surface area contributed by atoms with Crippen LogP contribution in [0.3, 0.4) is 0 Å². The minimum atomic E-state index is -4.48. The van der Waals surface area contributed by atoms with Crippen LogP contribution < -0.4 is 5.32 Å². The fraction of sp³-hybridized carbons (Fsp3) is 0.524. The number of nitrogens with zero attached hydrogens (tertiary/aromatic N) is 3. The molecule has 0 bridgehead atoms. The Morgan fingerprint density at radius 2 is 2.00 bits per heavy atom. The Kier molecular flexibility index (Phi) is 5.70. The number of carbonyl (C=O) groups excluding carboxylic acids is 1. The summed E-state index contributed by atoms with van der Waals surface area (Å²) in [5.74, 6) is -0.0915. The van der Waals surface area contributed by atoms with Gasteiger partial charge in [-0.15, -0.1) is 0 Å². The lowest BCUT2D eigenvalue weighted by Gasteiger charge is -2.34. The molecule has 3 atom stereocenters. The highest BCUT2D eigenvalue weighted by molar-refractivity contribution is 6.30. The number of halogens is 4. The zero-order valence-electron chi connectivity index (χ0n) is 16.6. The second kappa shape index (κ2) is 8.13. The van der Waals surface area contributed by atoms with Crippen LogP contribution in [0, 0.1) is 0 Å². The second-order valence-electron chi connectivity index (χ2n) is 7.96. The van der Waals surface area contributed by atoms with Crippen LogP contribution in [0.15, 0.2) is 30.3 Å². The predicted molar refractivity (Wildman–Crippen MR) is 109 cm³/mol. The molecule has 2 aliphatic heterocycles. The van der Waals surface area contributed by atoms with Crippen LogP contribution >= 0.6 is 11.6 Å². The van der Waals surface area contributed by atoms with Crippen molar-refractivity contribution in [2.45, 2.75) is 63.3 Å². The SMILES string of the molecule is CC[C@H]1CCCCN1C(=O)c1cc2n(n1)[C@@H](C(F)(F)F)C[C@H](c1ccc(Cl)cc1)N2. The number of aromatic nitrogens is 2. The van der Waals surface area contributed by atoms with Crippen molar-refractivity contribution < 1.29 is 18.0 Å². The molecule has 4 rings (SSSR count). The van der Waals surface area contributed by atoms with Crippen LogP contribution in [-0.4, -0.2) is 39.4 Å². The molecular weight excluding hydrogens is 417 g/mol. The molecule has 0 unspecified atom stereocenters. The summed E-state index contributed by atoms with van der Waals surface area (Å²) in [5.41, 5.74) is 0.764. The zero-order valence-corrected chi connectivity index (χ0v) is 17.4. The van der Waals surface area contributed by atoms with E-state index in [9.17, 15) is 18.0 Å². The molecule has 0 spiro atoms. The van der Waals surface area contributed by atoms with E-state index in [1.165, 1.54) is 6.07 Å². The highest BCUT2D eigenvalue weighted by atomic mass is 35.5. The third-order valence-corrected chi connectivity index (χ3v) is 6.29. The topological polar surface area (TPSA) is 50.2 Å². The van der Waals surface area contributed by atoms with E-state index in [-0.39, 0.29) is 29.9 Å². The lowest BCUT2D eigenvalue weighted by molar-refractivity contribution is -0.173. The summed E-state index contributed by atoms with van der Waals surface area (Å²) in [4.78, 5) is 14.8. The van der Waals surface area contributed by atoms with Crippen molar-refractivity contribution in [1.29, 1.82) is 0 Å². The van der Waals surface area contributed by atoms with Gasteiger partial charge >= 0.3 is 6.18 Å². The quantitative estimate of drug-likeness (QED) is 0.675. The average molecular weight is 441 g/mol. The van der Waals surface area contributed by atoms with Crippen LogP contribution in [-0.2, 0) is 0 Å². The van der Waals surface area contributed by atoms with E-state index in [0.29, 0.717) is 17.1 Å². The van der Waals surface area contributed by atoms with Gasteiger partial charge < -0.3 is 10.2 Å². The van der Waals surface area contributed by atoms with Gasteiger partial charge in [0, 0.05) is 30.1 Å². The van der Waals surface area contributed by atoms with Crippen LogP contribution in [0.4, 0.5) is 19.0 Å². The van der Waals surface area contributed by atoms with Gasteiger partial charge in [-0.1, -0.05) is 30.7 Å². The van der Waals surface area contributed by atoms with Crippen LogP contribution in [0.2, 0.25) is 5.02 Å². The Balaban J connectivity index is 1.66. The Labute approximate surface area is 178 Å². The number of nitrogens with one attached hydrogen (secondary N) is 1. The number of piperidine rings is 1. The van der Waals surface area contributed by atoms with Crippen LogP contribution in [0.25, 0.3) is 0 Å². The molecule has 1 aromatic carbocycles. The van der Waals surface area contributed by atoms with Gasteiger partial charge in [0.05, 0.1) is 6.04 Å². The molecule has 0 radical (unpaired) electrons. The van der Waals surface area contributed by atoms with Gasteiger partial charge in [-0.2, -0.15) is 18.3 Å². The molecule has 9 heteroatoms. The normalized spacial score (nSPS) is 24.3. The first-order chi connectivity index (χ1) is 14.3. The van der Waals surface area contributed by atoms with Crippen molar-refractivity contribution in [3.05, 3.63) is 46.6 Å². The monoisotopic (exact) mass is 440 g/mol. The Bertz CT molecular complexity index is 912. The van der Waals surface area contributed by atoms with Crippen molar-refractivity contribution in [2.24, 2.45) is 0 Å². The summed E-state index contributed by atoms with van der Waals surface area (Å²) in [7, 11) is 0. The molecule has 30 heavy (non-hydrogen) atoms. The zero-order chi connectivity index (χ0) is 21.5. The largest absolute Gasteiger partial charge is 0.410 e. The Morgan fingerprint density at radius 3 is 2.67 bits per heavy atom. The van der Waals surface area contributed by atoms with Crippen molar-refractivity contribution >= 4 is 23.3 Å². The van der Waals surface area contributed by atoms with Gasteiger partial charge in [0.2, 0.25) is 0 Å². The molecular formula is C21H24ClF3N4O. The van der Waals surface area contributed by atoms with Gasteiger partial charge in [0.25, 0.3) is 5.91 Å². The average Bonchev–Trinajstić information content (AvgIpc) is 3.16. The first kappa shape index (κ1) is 21.0. The van der Waals surface area contributed by atoms with E-state index >= 15 is 0 Å². The van der Waals surface area contributed by atoms with E-state index in [2.05, 4.69) is 10.4 Å². The summed E-state index contributed by atoms with van der Waals surface area (Å²) in [6, 6.07) is 5.93. The molecule has 1 saturated heterocycles. The van der Waals surface area contributed by atoms with Gasteiger partial charge in [-0.25, -0.2) is 4.68 Å². The van der Waals surface area contributed by atoms with E-state index in [0.717, 1.165) is 30.4 Å². The Morgan fingerprint density at radius 1 is 1.27 bits per heavy atom.